The molecule has 4 rings (SSSR count). The normalized spacial score (nSPS) is 20.0. The van der Waals surface area contributed by atoms with E-state index in [1.165, 1.54) is 4.31 Å². The third kappa shape index (κ3) is 3.45. The minimum atomic E-state index is -3.51. The van der Waals surface area contributed by atoms with Crippen molar-refractivity contribution >= 4 is 21.6 Å². The molecule has 0 aliphatic carbocycles. The van der Waals surface area contributed by atoms with Gasteiger partial charge in [0, 0.05) is 25.7 Å². The number of nitrogens with zero attached hydrogens (tertiary/aromatic N) is 3. The molecule has 3 heterocycles. The molecule has 1 aromatic carbocycles. The quantitative estimate of drug-likeness (QED) is 0.798. The van der Waals surface area contributed by atoms with E-state index in [0.29, 0.717) is 37.4 Å². The van der Waals surface area contributed by atoms with Crippen LogP contribution in [-0.4, -0.2) is 49.3 Å². The van der Waals surface area contributed by atoms with Gasteiger partial charge in [0.25, 0.3) is 0 Å². The van der Waals surface area contributed by atoms with Gasteiger partial charge in [-0.3, -0.25) is 9.10 Å². The summed E-state index contributed by atoms with van der Waals surface area (Å²) in [6.45, 7) is 3.07. The summed E-state index contributed by atoms with van der Waals surface area (Å²) in [5, 5.41) is 3.29. The number of fused-ring (bicyclic) bond motifs is 1. The number of carbonyl (C=O) groups is 1. The summed E-state index contributed by atoms with van der Waals surface area (Å²) in [7, 11) is -3.51. The Hall–Kier alpha value is -2.35. The summed E-state index contributed by atoms with van der Waals surface area (Å²) in [4.78, 5) is 14.3. The van der Waals surface area contributed by atoms with Crippen LogP contribution in [0.5, 0.6) is 0 Å². The highest BCUT2D eigenvalue weighted by Gasteiger charge is 2.39. The first-order chi connectivity index (χ1) is 12.9. The van der Waals surface area contributed by atoms with Gasteiger partial charge in [-0.2, -0.15) is 0 Å². The first-order valence-corrected chi connectivity index (χ1v) is 10.7. The second-order valence-electron chi connectivity index (χ2n) is 7.21. The second kappa shape index (κ2) is 6.99. The number of amides is 1. The molecule has 0 bridgehead atoms. The molecule has 0 unspecified atom stereocenters. The fourth-order valence-corrected chi connectivity index (χ4v) is 5.92. The number of hydrogen-bond acceptors (Lipinski definition) is 5. The molecule has 2 aliphatic rings. The molecule has 0 saturated carbocycles. The van der Waals surface area contributed by atoms with Crippen molar-refractivity contribution in [2.24, 2.45) is 0 Å². The lowest BCUT2D eigenvalue weighted by atomic mass is 10.1. The molecule has 27 heavy (non-hydrogen) atoms. The lowest BCUT2D eigenvalue weighted by Gasteiger charge is -2.35. The van der Waals surface area contributed by atoms with Crippen LogP contribution in [0.4, 0.5) is 5.69 Å². The molecule has 2 aliphatic heterocycles. The monoisotopic (exact) mass is 389 g/mol. The van der Waals surface area contributed by atoms with Gasteiger partial charge < -0.3 is 9.42 Å². The van der Waals surface area contributed by atoms with Gasteiger partial charge in [0.2, 0.25) is 15.9 Å². The van der Waals surface area contributed by atoms with Crippen molar-refractivity contribution < 1.29 is 17.7 Å². The highest BCUT2D eigenvalue weighted by molar-refractivity contribution is 7.93. The molecule has 1 amide bonds. The molecule has 0 N–H and O–H groups in total. The minimum absolute atomic E-state index is 0.106. The van der Waals surface area contributed by atoms with Gasteiger partial charge in [0.15, 0.2) is 0 Å². The Kier molecular flexibility index (Phi) is 4.67. The number of para-hydroxylation sites is 1. The first-order valence-electron chi connectivity index (χ1n) is 9.24. The number of sulfonamides is 1. The number of likely N-dealkylation sites (tertiary alicyclic amines) is 1. The largest absolute Gasteiger partial charge is 0.361 e. The van der Waals surface area contributed by atoms with Crippen molar-refractivity contribution in [3.05, 3.63) is 47.3 Å². The fourth-order valence-electron chi connectivity index (χ4n) is 3.93. The standard InChI is InChI=1S/C19H23N3O4S/c1-14-11-16(20-26-14)12-19(23)21-9-4-6-17(13-21)27(24,25)22-10-8-15-5-2-3-7-18(15)22/h2-3,5,7,11,17H,4,6,8-10,12-13H2,1H3/t17-/m0/s1. The van der Waals surface area contributed by atoms with Gasteiger partial charge in [-0.15, -0.1) is 0 Å². The Balaban J connectivity index is 1.48. The van der Waals surface area contributed by atoms with Crippen LogP contribution in [0.3, 0.4) is 0 Å². The van der Waals surface area contributed by atoms with Crippen molar-refractivity contribution in [3.63, 3.8) is 0 Å². The van der Waals surface area contributed by atoms with Crippen molar-refractivity contribution in [2.45, 2.75) is 37.9 Å². The molecular formula is C19H23N3O4S. The topological polar surface area (TPSA) is 83.7 Å². The number of piperidine rings is 1. The summed E-state index contributed by atoms with van der Waals surface area (Å²) in [6.07, 6.45) is 2.13. The van der Waals surface area contributed by atoms with E-state index in [2.05, 4.69) is 5.16 Å². The zero-order valence-electron chi connectivity index (χ0n) is 15.3. The maximum atomic E-state index is 13.2. The number of carbonyl (C=O) groups excluding carboxylic acids is 1. The first kappa shape index (κ1) is 18.0. The number of aromatic nitrogens is 1. The van der Waals surface area contributed by atoms with Gasteiger partial charge >= 0.3 is 0 Å². The van der Waals surface area contributed by atoms with Crippen LogP contribution in [0.15, 0.2) is 34.9 Å². The highest BCUT2D eigenvalue weighted by Crippen LogP contribution is 2.33. The van der Waals surface area contributed by atoms with E-state index in [1.54, 1.807) is 17.9 Å². The van der Waals surface area contributed by atoms with Crippen LogP contribution < -0.4 is 4.31 Å². The van der Waals surface area contributed by atoms with Crippen LogP contribution >= 0.6 is 0 Å². The molecule has 0 radical (unpaired) electrons. The lowest BCUT2D eigenvalue weighted by molar-refractivity contribution is -0.131. The average Bonchev–Trinajstić information content (AvgIpc) is 3.28. The van der Waals surface area contributed by atoms with Gasteiger partial charge in [0.1, 0.15) is 5.76 Å². The predicted octanol–water partition coefficient (Wildman–Crippen LogP) is 1.91. The van der Waals surface area contributed by atoms with Crippen molar-refractivity contribution in [3.8, 4) is 0 Å². The van der Waals surface area contributed by atoms with E-state index in [9.17, 15) is 13.2 Å². The molecule has 1 atom stereocenters. The van der Waals surface area contributed by atoms with E-state index in [1.807, 2.05) is 24.3 Å². The molecule has 144 valence electrons. The lowest BCUT2D eigenvalue weighted by Crippen LogP contribution is -2.49. The second-order valence-corrected chi connectivity index (χ2v) is 9.34. The molecule has 1 saturated heterocycles. The van der Waals surface area contributed by atoms with E-state index < -0.39 is 15.3 Å². The maximum Gasteiger partial charge on any atom is 0.239 e. The van der Waals surface area contributed by atoms with Crippen LogP contribution in [0.1, 0.15) is 29.9 Å². The minimum Gasteiger partial charge on any atom is -0.361 e. The number of rotatable bonds is 4. The Morgan fingerprint density at radius 1 is 1.30 bits per heavy atom. The van der Waals surface area contributed by atoms with Crippen LogP contribution in [-0.2, 0) is 27.7 Å². The van der Waals surface area contributed by atoms with Crippen molar-refractivity contribution in [1.29, 1.82) is 0 Å². The average molecular weight is 389 g/mol. The molecule has 2 aromatic rings. The molecule has 1 fully saturated rings. The van der Waals surface area contributed by atoms with Crippen LogP contribution in [0.2, 0.25) is 0 Å². The third-order valence-corrected chi connectivity index (χ3v) is 7.53. The Bertz CT molecular complexity index is 953. The van der Waals surface area contributed by atoms with Gasteiger partial charge in [0.05, 0.1) is 23.1 Å². The number of benzene rings is 1. The van der Waals surface area contributed by atoms with E-state index in [0.717, 1.165) is 17.7 Å². The van der Waals surface area contributed by atoms with E-state index >= 15 is 0 Å². The van der Waals surface area contributed by atoms with Gasteiger partial charge in [-0.05, 0) is 37.8 Å². The van der Waals surface area contributed by atoms with Gasteiger partial charge in [-0.25, -0.2) is 8.42 Å². The molecule has 8 heteroatoms. The van der Waals surface area contributed by atoms with E-state index in [4.69, 9.17) is 4.52 Å². The summed E-state index contributed by atoms with van der Waals surface area (Å²) < 4.78 is 33.0. The predicted molar refractivity (Wildman–Crippen MR) is 101 cm³/mol. The SMILES string of the molecule is Cc1cc(CC(=O)N2CCC[C@H](S(=O)(=O)N3CCc4ccccc43)C2)no1. The van der Waals surface area contributed by atoms with Crippen molar-refractivity contribution in [2.75, 3.05) is 23.9 Å². The Labute approximate surface area is 159 Å². The summed E-state index contributed by atoms with van der Waals surface area (Å²) >= 11 is 0. The zero-order valence-corrected chi connectivity index (χ0v) is 16.1. The molecule has 7 nitrogen and oxygen atoms in total. The van der Waals surface area contributed by atoms with E-state index in [-0.39, 0.29) is 18.9 Å². The highest BCUT2D eigenvalue weighted by atomic mass is 32.2. The van der Waals surface area contributed by atoms with Crippen LogP contribution in [0, 0.1) is 6.92 Å². The number of hydrogen-bond donors (Lipinski definition) is 0. The van der Waals surface area contributed by atoms with Gasteiger partial charge in [-0.1, -0.05) is 23.4 Å². The van der Waals surface area contributed by atoms with Crippen LogP contribution in [0.25, 0.3) is 0 Å². The summed E-state index contributed by atoms with van der Waals surface area (Å²) in [5.74, 6) is 0.551. The number of aryl methyl sites for hydroxylation is 1. The smallest absolute Gasteiger partial charge is 0.239 e. The zero-order chi connectivity index (χ0) is 19.0. The molecular weight excluding hydrogens is 366 g/mol. The van der Waals surface area contributed by atoms with Crippen molar-refractivity contribution in [1.82, 2.24) is 10.1 Å². The summed E-state index contributed by atoms with van der Waals surface area (Å²) in [6, 6.07) is 9.36. The number of anilines is 1. The maximum absolute atomic E-state index is 13.2. The molecule has 1 aromatic heterocycles. The Morgan fingerprint density at radius 2 is 2.11 bits per heavy atom. The fraction of sp³-hybridized carbons (Fsp3) is 0.474. The third-order valence-electron chi connectivity index (χ3n) is 5.31. The Morgan fingerprint density at radius 3 is 2.89 bits per heavy atom. The molecule has 0 spiro atoms. The summed E-state index contributed by atoms with van der Waals surface area (Å²) in [5.41, 5.74) is 2.42.